The zero-order valence-electron chi connectivity index (χ0n) is 11.3. The number of pyridine rings is 1. The van der Waals surface area contributed by atoms with Crippen molar-refractivity contribution in [3.8, 4) is 0 Å². The molecular weight excluding hydrogens is 224 g/mol. The Balaban J connectivity index is 2.25. The Morgan fingerprint density at radius 1 is 1.39 bits per heavy atom. The van der Waals surface area contributed by atoms with Crippen LogP contribution in [0.4, 0.5) is 5.82 Å². The molecule has 1 aromatic rings. The van der Waals surface area contributed by atoms with Crippen LogP contribution in [0.15, 0.2) is 23.8 Å². The second-order valence-electron chi connectivity index (χ2n) is 4.99. The van der Waals surface area contributed by atoms with Crippen molar-refractivity contribution in [1.82, 2.24) is 4.98 Å². The highest BCUT2D eigenvalue weighted by Crippen LogP contribution is 2.20. The highest BCUT2D eigenvalue weighted by molar-refractivity contribution is 5.45. The molecule has 3 nitrogen and oxygen atoms in total. The van der Waals surface area contributed by atoms with Gasteiger partial charge in [0.15, 0.2) is 0 Å². The highest BCUT2D eigenvalue weighted by Gasteiger charge is 2.13. The summed E-state index contributed by atoms with van der Waals surface area (Å²) in [7, 11) is 0. The molecule has 18 heavy (non-hydrogen) atoms. The minimum absolute atomic E-state index is 0.0922. The molecule has 0 aromatic carbocycles. The van der Waals surface area contributed by atoms with Gasteiger partial charge in [-0.2, -0.15) is 0 Å². The molecule has 98 valence electrons. The highest BCUT2D eigenvalue weighted by atomic mass is 16.3. The number of aliphatic hydroxyl groups excluding tert-OH is 1. The Morgan fingerprint density at radius 3 is 2.89 bits per heavy atom. The van der Waals surface area contributed by atoms with Crippen LogP contribution in [0.5, 0.6) is 0 Å². The zero-order valence-corrected chi connectivity index (χ0v) is 11.3. The Labute approximate surface area is 109 Å². The minimum atomic E-state index is 0.0922. The van der Waals surface area contributed by atoms with Crippen LogP contribution in [-0.4, -0.2) is 23.2 Å². The summed E-state index contributed by atoms with van der Waals surface area (Å²) in [6.07, 6.45) is 5.43. The number of hydrogen-bond acceptors (Lipinski definition) is 3. The Hall–Kier alpha value is -1.35. The first-order chi connectivity index (χ1) is 8.72. The van der Waals surface area contributed by atoms with Crippen LogP contribution in [-0.2, 0) is 13.0 Å². The first-order valence-electron chi connectivity index (χ1n) is 6.74. The van der Waals surface area contributed by atoms with Gasteiger partial charge in [0.1, 0.15) is 5.82 Å². The summed E-state index contributed by atoms with van der Waals surface area (Å²) in [5, 5.41) is 9.35. The maximum atomic E-state index is 9.35. The lowest BCUT2D eigenvalue weighted by Crippen LogP contribution is -2.30. The maximum Gasteiger partial charge on any atom is 0.129 e. The third-order valence-corrected chi connectivity index (χ3v) is 3.27. The molecule has 1 aliphatic rings. The van der Waals surface area contributed by atoms with Crippen LogP contribution in [0.1, 0.15) is 37.9 Å². The van der Waals surface area contributed by atoms with Gasteiger partial charge in [-0.3, -0.25) is 0 Å². The molecule has 0 saturated carbocycles. The third kappa shape index (κ3) is 3.10. The smallest absolute Gasteiger partial charge is 0.129 e. The molecule has 0 radical (unpaired) electrons. The van der Waals surface area contributed by atoms with E-state index in [1.54, 1.807) is 0 Å². The fraction of sp³-hybridized carbons (Fsp3) is 0.533. The van der Waals surface area contributed by atoms with Gasteiger partial charge >= 0.3 is 0 Å². The number of rotatable bonds is 4. The molecule has 0 amide bonds. The van der Waals surface area contributed by atoms with Crippen molar-refractivity contribution in [2.45, 2.75) is 39.7 Å². The molecule has 0 aliphatic carbocycles. The van der Waals surface area contributed by atoms with Crippen LogP contribution in [0.3, 0.4) is 0 Å². The van der Waals surface area contributed by atoms with Gasteiger partial charge in [0.25, 0.3) is 0 Å². The lowest BCUT2D eigenvalue weighted by Gasteiger charge is -2.28. The maximum absolute atomic E-state index is 9.35. The van der Waals surface area contributed by atoms with E-state index < -0.39 is 0 Å². The van der Waals surface area contributed by atoms with Crippen molar-refractivity contribution in [2.75, 3.05) is 18.0 Å². The second-order valence-corrected chi connectivity index (χ2v) is 4.99. The molecule has 2 rings (SSSR count). The van der Waals surface area contributed by atoms with Crippen molar-refractivity contribution < 1.29 is 5.11 Å². The molecule has 1 aliphatic heterocycles. The number of nitrogens with zero attached hydrogens (tertiary/aromatic N) is 2. The van der Waals surface area contributed by atoms with E-state index in [0.717, 1.165) is 49.4 Å². The lowest BCUT2D eigenvalue weighted by molar-refractivity contribution is 0.281. The summed E-state index contributed by atoms with van der Waals surface area (Å²) >= 11 is 0. The summed E-state index contributed by atoms with van der Waals surface area (Å²) in [5.74, 6) is 1.01. The van der Waals surface area contributed by atoms with E-state index in [4.69, 9.17) is 4.98 Å². The van der Waals surface area contributed by atoms with E-state index in [1.807, 2.05) is 12.1 Å². The van der Waals surface area contributed by atoms with Crippen LogP contribution in [0, 0.1) is 0 Å². The SMILES string of the molecule is CCCc1cc(CO)cc(N2CCC=C(C)C2)n1. The number of aromatic nitrogens is 1. The van der Waals surface area contributed by atoms with Crippen molar-refractivity contribution in [3.05, 3.63) is 35.0 Å². The van der Waals surface area contributed by atoms with Crippen LogP contribution >= 0.6 is 0 Å². The van der Waals surface area contributed by atoms with Gasteiger partial charge in [0.05, 0.1) is 6.61 Å². The van der Waals surface area contributed by atoms with Gasteiger partial charge in [-0.05, 0) is 37.5 Å². The predicted molar refractivity (Wildman–Crippen MR) is 74.7 cm³/mol. The summed E-state index contributed by atoms with van der Waals surface area (Å²) in [6.45, 7) is 6.38. The molecular formula is C15H22N2O. The van der Waals surface area contributed by atoms with E-state index in [9.17, 15) is 5.11 Å². The molecule has 0 bridgehead atoms. The van der Waals surface area contributed by atoms with Gasteiger partial charge in [0.2, 0.25) is 0 Å². The molecule has 1 aromatic heterocycles. The van der Waals surface area contributed by atoms with E-state index in [-0.39, 0.29) is 6.61 Å². The average Bonchev–Trinajstić information content (AvgIpc) is 2.39. The van der Waals surface area contributed by atoms with Crippen molar-refractivity contribution in [1.29, 1.82) is 0 Å². The lowest BCUT2D eigenvalue weighted by atomic mass is 10.1. The van der Waals surface area contributed by atoms with Crippen molar-refractivity contribution in [3.63, 3.8) is 0 Å². The van der Waals surface area contributed by atoms with Crippen LogP contribution in [0.2, 0.25) is 0 Å². The summed E-state index contributed by atoms with van der Waals surface area (Å²) in [4.78, 5) is 7.02. The third-order valence-electron chi connectivity index (χ3n) is 3.27. The molecule has 0 saturated heterocycles. The Kier molecular flexibility index (Phi) is 4.37. The summed E-state index contributed by atoms with van der Waals surface area (Å²) in [6, 6.07) is 4.03. The Morgan fingerprint density at radius 2 is 2.22 bits per heavy atom. The average molecular weight is 246 g/mol. The minimum Gasteiger partial charge on any atom is -0.392 e. The molecule has 1 N–H and O–H groups in total. The first kappa shape index (κ1) is 13.1. The van der Waals surface area contributed by atoms with E-state index >= 15 is 0 Å². The van der Waals surface area contributed by atoms with Gasteiger partial charge in [-0.25, -0.2) is 4.98 Å². The van der Waals surface area contributed by atoms with Gasteiger partial charge in [-0.1, -0.05) is 25.0 Å². The van der Waals surface area contributed by atoms with E-state index in [1.165, 1.54) is 5.57 Å². The summed E-state index contributed by atoms with van der Waals surface area (Å²) < 4.78 is 0. The molecule has 3 heteroatoms. The number of aryl methyl sites for hydroxylation is 1. The normalized spacial score (nSPS) is 15.7. The second kappa shape index (κ2) is 6.01. The molecule has 2 heterocycles. The fourth-order valence-electron chi connectivity index (χ4n) is 2.38. The first-order valence-corrected chi connectivity index (χ1v) is 6.74. The molecule has 0 fully saturated rings. The summed E-state index contributed by atoms with van der Waals surface area (Å²) in [5.41, 5.74) is 3.46. The standard InChI is InChI=1S/C15H22N2O/c1-3-5-14-8-13(11-18)9-15(16-14)17-7-4-6-12(2)10-17/h6,8-9,18H,3-5,7,10-11H2,1-2H3. The van der Waals surface area contributed by atoms with Gasteiger partial charge in [-0.15, -0.1) is 0 Å². The van der Waals surface area contributed by atoms with Gasteiger partial charge in [0, 0.05) is 18.8 Å². The predicted octanol–water partition coefficient (Wildman–Crippen LogP) is 2.68. The van der Waals surface area contributed by atoms with Crippen LogP contribution < -0.4 is 4.90 Å². The van der Waals surface area contributed by atoms with Crippen molar-refractivity contribution >= 4 is 5.82 Å². The molecule has 0 spiro atoms. The number of hydrogen-bond donors (Lipinski definition) is 1. The zero-order chi connectivity index (χ0) is 13.0. The fourth-order valence-corrected chi connectivity index (χ4v) is 2.38. The monoisotopic (exact) mass is 246 g/mol. The quantitative estimate of drug-likeness (QED) is 0.830. The topological polar surface area (TPSA) is 36.4 Å². The van der Waals surface area contributed by atoms with Crippen LogP contribution in [0.25, 0.3) is 0 Å². The molecule has 0 unspecified atom stereocenters. The molecule has 0 atom stereocenters. The van der Waals surface area contributed by atoms with Crippen molar-refractivity contribution in [2.24, 2.45) is 0 Å². The Bertz CT molecular complexity index is 440. The number of aliphatic hydroxyl groups is 1. The van der Waals surface area contributed by atoms with E-state index in [0.29, 0.717) is 0 Å². The van der Waals surface area contributed by atoms with Gasteiger partial charge < -0.3 is 10.0 Å². The largest absolute Gasteiger partial charge is 0.392 e. The number of anilines is 1. The van der Waals surface area contributed by atoms with E-state index in [2.05, 4.69) is 24.8 Å².